The minimum atomic E-state index is -1.67. The van der Waals surface area contributed by atoms with Crippen LogP contribution in [-0.2, 0) is 20.0 Å². The largest absolute Gasteiger partial charge is 0.384 e. The molecule has 5 atom stereocenters. The Labute approximate surface area is 264 Å². The molecule has 9 N–H and O–H groups in total. The molecule has 1 aliphatic carbocycles. The van der Waals surface area contributed by atoms with Crippen molar-refractivity contribution in [1.29, 1.82) is 0 Å². The molecule has 2 aliphatic rings. The molecule has 0 radical (unpaired) electrons. The maximum absolute atomic E-state index is 13.8. The Morgan fingerprint density at radius 2 is 1.89 bits per heavy atom. The number of primary amides is 1. The summed E-state index contributed by atoms with van der Waals surface area (Å²) in [5.41, 5.74) is 11.0. The fourth-order valence-corrected chi connectivity index (χ4v) is 6.20. The predicted octanol–water partition coefficient (Wildman–Crippen LogP) is -0.621. The molecule has 1 saturated carbocycles. The quantitative estimate of drug-likeness (QED) is 0.0964. The lowest BCUT2D eigenvalue weighted by Gasteiger charge is -2.31. The third kappa shape index (κ3) is 10.1. The van der Waals surface area contributed by atoms with Crippen LogP contribution < -0.4 is 27.4 Å². The highest BCUT2D eigenvalue weighted by Crippen LogP contribution is 2.33. The summed E-state index contributed by atoms with van der Waals surface area (Å²) in [7, 11) is 0. The molecule has 1 aromatic heterocycles. The number of amides is 5. The topological polar surface area (TPSA) is 231 Å². The molecule has 15 heteroatoms. The lowest BCUT2D eigenvalue weighted by atomic mass is 9.84. The number of unbranched alkanes of at least 4 members (excludes halogenated alkanes) is 1. The third-order valence-corrected chi connectivity index (χ3v) is 8.62. The standard InChI is InChI=1S/C30H49N9O6/c1-4-13-33-29(44)34-14-9-8-12-22(25(40)26(32)41)36-27(42)23-16-20(39-24(17-35-37-39)30(2,3)45)18-38(23)28(43)21(31)15-19-10-6-5-7-11-19/h1,17,19-23,25,40,45H,5-16,18,31H2,2-3H3,(H2,32,41)(H,36,42)(H2,33,34,44)/t20-,21?,22?,23-,25?/m0/s1. The minimum absolute atomic E-state index is 0.0910. The molecule has 2 heterocycles. The number of hydrogen-bond acceptors (Lipinski definition) is 9. The van der Waals surface area contributed by atoms with E-state index in [1.807, 2.05) is 0 Å². The maximum Gasteiger partial charge on any atom is 0.315 e. The second-order valence-electron chi connectivity index (χ2n) is 12.6. The molecule has 1 saturated heterocycles. The van der Waals surface area contributed by atoms with Gasteiger partial charge in [-0.3, -0.25) is 14.4 Å². The number of hydrogen-bond donors (Lipinski definition) is 7. The molecule has 1 aliphatic heterocycles. The average Bonchev–Trinajstić information content (AvgIpc) is 3.67. The maximum atomic E-state index is 13.8. The summed E-state index contributed by atoms with van der Waals surface area (Å²) in [6.07, 6.45) is 12.1. The van der Waals surface area contributed by atoms with Gasteiger partial charge in [-0.05, 0) is 45.4 Å². The molecule has 1 aromatic rings. The number of aliphatic hydroxyl groups excluding tert-OH is 1. The van der Waals surface area contributed by atoms with Crippen molar-refractivity contribution < 1.29 is 29.4 Å². The first-order valence-electron chi connectivity index (χ1n) is 15.8. The number of rotatable bonds is 15. The van der Waals surface area contributed by atoms with E-state index < -0.39 is 53.7 Å². The summed E-state index contributed by atoms with van der Waals surface area (Å²) < 4.78 is 1.53. The highest BCUT2D eigenvalue weighted by Gasteiger charge is 2.44. The molecule has 45 heavy (non-hydrogen) atoms. The monoisotopic (exact) mass is 631 g/mol. The van der Waals surface area contributed by atoms with Crippen molar-refractivity contribution in [2.45, 2.75) is 114 Å². The lowest BCUT2D eigenvalue weighted by Crippen LogP contribution is -2.56. The predicted molar refractivity (Wildman–Crippen MR) is 165 cm³/mol. The summed E-state index contributed by atoms with van der Waals surface area (Å²) in [4.78, 5) is 52.6. The Balaban J connectivity index is 1.74. The van der Waals surface area contributed by atoms with E-state index >= 15 is 0 Å². The van der Waals surface area contributed by atoms with Gasteiger partial charge < -0.3 is 42.5 Å². The van der Waals surface area contributed by atoms with Crippen molar-refractivity contribution >= 4 is 23.8 Å². The molecule has 3 rings (SSSR count). The van der Waals surface area contributed by atoms with E-state index in [2.05, 4.69) is 32.2 Å². The highest BCUT2D eigenvalue weighted by atomic mass is 16.3. The van der Waals surface area contributed by atoms with E-state index in [0.717, 1.165) is 25.7 Å². The van der Waals surface area contributed by atoms with Crippen molar-refractivity contribution in [1.82, 2.24) is 35.8 Å². The van der Waals surface area contributed by atoms with Gasteiger partial charge in [-0.1, -0.05) is 43.2 Å². The number of aromatic nitrogens is 3. The molecule has 2 fully saturated rings. The molecule has 15 nitrogen and oxygen atoms in total. The van der Waals surface area contributed by atoms with Gasteiger partial charge in [-0.2, -0.15) is 0 Å². The normalized spacial score (nSPS) is 20.9. The summed E-state index contributed by atoms with van der Waals surface area (Å²) in [5, 5.41) is 37.2. The second-order valence-corrected chi connectivity index (χ2v) is 12.6. The molecule has 5 amide bonds. The first-order chi connectivity index (χ1) is 21.3. The molecular formula is C30H49N9O6. The Bertz CT molecular complexity index is 1200. The molecule has 0 aromatic carbocycles. The van der Waals surface area contributed by atoms with E-state index in [1.165, 1.54) is 22.2 Å². The van der Waals surface area contributed by atoms with Gasteiger partial charge in [0, 0.05) is 19.5 Å². The first-order valence-corrected chi connectivity index (χ1v) is 15.8. The number of likely N-dealkylation sites (tertiary alicyclic amines) is 1. The number of nitrogens with zero attached hydrogens (tertiary/aromatic N) is 4. The number of carbonyl (C=O) groups is 4. The van der Waals surface area contributed by atoms with Crippen LogP contribution in [0.4, 0.5) is 4.79 Å². The number of carbonyl (C=O) groups excluding carboxylic acids is 4. The number of nitrogens with two attached hydrogens (primary N) is 2. The van der Waals surface area contributed by atoms with Crippen molar-refractivity contribution in [3.63, 3.8) is 0 Å². The molecular weight excluding hydrogens is 582 g/mol. The van der Waals surface area contributed by atoms with Crippen LogP contribution in [0.15, 0.2) is 6.20 Å². The molecule has 250 valence electrons. The minimum Gasteiger partial charge on any atom is -0.384 e. The van der Waals surface area contributed by atoms with E-state index in [4.69, 9.17) is 17.9 Å². The van der Waals surface area contributed by atoms with E-state index in [1.54, 1.807) is 13.8 Å². The Hall–Kier alpha value is -3.74. The van der Waals surface area contributed by atoms with Crippen LogP contribution in [0.1, 0.15) is 89.8 Å². The van der Waals surface area contributed by atoms with E-state index in [0.29, 0.717) is 37.4 Å². The van der Waals surface area contributed by atoms with Gasteiger partial charge in [0.15, 0.2) is 6.10 Å². The van der Waals surface area contributed by atoms with Gasteiger partial charge in [0.2, 0.25) is 17.7 Å². The number of aliphatic hydroxyl groups is 2. The van der Waals surface area contributed by atoms with Gasteiger partial charge in [0.1, 0.15) is 11.6 Å². The Morgan fingerprint density at radius 1 is 1.18 bits per heavy atom. The van der Waals surface area contributed by atoms with Crippen molar-refractivity contribution in [3.8, 4) is 12.3 Å². The Morgan fingerprint density at radius 3 is 2.53 bits per heavy atom. The van der Waals surface area contributed by atoms with Gasteiger partial charge in [0.25, 0.3) is 0 Å². The first kappa shape index (κ1) is 35.7. The van der Waals surface area contributed by atoms with Crippen LogP contribution in [0.3, 0.4) is 0 Å². The van der Waals surface area contributed by atoms with Crippen LogP contribution in [0.25, 0.3) is 0 Å². The van der Waals surface area contributed by atoms with Crippen molar-refractivity contribution in [3.05, 3.63) is 11.9 Å². The van der Waals surface area contributed by atoms with Gasteiger partial charge in [-0.25, -0.2) is 9.48 Å². The average molecular weight is 632 g/mol. The lowest BCUT2D eigenvalue weighted by molar-refractivity contribution is -0.141. The van der Waals surface area contributed by atoms with Crippen molar-refractivity contribution in [2.24, 2.45) is 17.4 Å². The third-order valence-electron chi connectivity index (χ3n) is 8.62. The zero-order valence-electron chi connectivity index (χ0n) is 26.3. The zero-order valence-corrected chi connectivity index (χ0v) is 26.3. The second kappa shape index (κ2) is 16.5. The SMILES string of the molecule is C#CCNC(=O)NCCCCC(NC(=O)[C@@H]1C[C@H](n2nncc2C(C)(C)O)CN1C(=O)C(N)CC1CCCCC1)C(O)C(N)=O. The summed E-state index contributed by atoms with van der Waals surface area (Å²) in [6, 6.07) is -3.72. The van der Waals surface area contributed by atoms with Crippen LogP contribution in [-0.4, -0.2) is 97.7 Å². The van der Waals surface area contributed by atoms with Crippen LogP contribution in [0, 0.1) is 18.3 Å². The highest BCUT2D eigenvalue weighted by molar-refractivity contribution is 5.91. The molecule has 0 bridgehead atoms. The summed E-state index contributed by atoms with van der Waals surface area (Å²) in [5.74, 6) is 0.699. The van der Waals surface area contributed by atoms with Crippen LogP contribution in [0.2, 0.25) is 0 Å². The number of urea groups is 1. The van der Waals surface area contributed by atoms with E-state index in [-0.39, 0.29) is 31.8 Å². The van der Waals surface area contributed by atoms with Gasteiger partial charge in [-0.15, -0.1) is 11.5 Å². The fourth-order valence-electron chi connectivity index (χ4n) is 6.20. The number of nitrogens with one attached hydrogen (secondary N) is 3. The molecule has 3 unspecified atom stereocenters. The van der Waals surface area contributed by atoms with Crippen LogP contribution >= 0.6 is 0 Å². The zero-order chi connectivity index (χ0) is 33.1. The smallest absolute Gasteiger partial charge is 0.315 e. The number of terminal acetylenes is 1. The summed E-state index contributed by atoms with van der Waals surface area (Å²) >= 11 is 0. The van der Waals surface area contributed by atoms with Gasteiger partial charge in [0.05, 0.1) is 36.6 Å². The van der Waals surface area contributed by atoms with Crippen molar-refractivity contribution in [2.75, 3.05) is 19.6 Å². The van der Waals surface area contributed by atoms with Gasteiger partial charge >= 0.3 is 6.03 Å². The van der Waals surface area contributed by atoms with Crippen LogP contribution in [0.5, 0.6) is 0 Å². The summed E-state index contributed by atoms with van der Waals surface area (Å²) in [6.45, 7) is 3.70. The van der Waals surface area contributed by atoms with E-state index in [9.17, 15) is 29.4 Å². The Kier molecular flexibility index (Phi) is 13.1. The molecule has 0 spiro atoms. The fraction of sp³-hybridized carbons (Fsp3) is 0.733.